The number of rotatable bonds is 9. The van der Waals surface area contributed by atoms with Crippen LogP contribution in [0.3, 0.4) is 0 Å². The van der Waals surface area contributed by atoms with Crippen LogP contribution in [-0.4, -0.2) is 39.0 Å². The Morgan fingerprint density at radius 2 is 1.64 bits per heavy atom. The van der Waals surface area contributed by atoms with Gasteiger partial charge in [0, 0.05) is 29.5 Å². The van der Waals surface area contributed by atoms with Crippen molar-refractivity contribution in [3.05, 3.63) is 72.3 Å². The summed E-state index contributed by atoms with van der Waals surface area (Å²) in [6.45, 7) is 6.06. The second-order valence-electron chi connectivity index (χ2n) is 9.96. The standard InChI is InChI=1S/C28H31N3O7S/c1-17(32)31-39(36,37)19-14-15-23(38-5)22(16-19)30-27(35)24(25(33)28(2,3)4)20-12-9-13-21(20)26(34)29-18-10-7-6-8-11-18/h6-16,20,24H,1-5H3,(H,29,34)(H,30,35)(H,31,32). The fourth-order valence-corrected chi connectivity index (χ4v) is 5.07. The number of nitrogens with one attached hydrogen (secondary N) is 3. The number of Topliss-reactive ketones (excluding diaryl/α,β-unsaturated/α-hetero) is 1. The number of hydrogen-bond acceptors (Lipinski definition) is 7. The molecule has 10 nitrogen and oxygen atoms in total. The molecule has 0 fully saturated rings. The summed E-state index contributed by atoms with van der Waals surface area (Å²) in [5.41, 5.74) is -0.188. The van der Waals surface area contributed by atoms with E-state index >= 15 is 0 Å². The molecule has 0 aliphatic heterocycles. The van der Waals surface area contributed by atoms with Crippen molar-refractivity contribution in [2.75, 3.05) is 17.7 Å². The van der Waals surface area contributed by atoms with Gasteiger partial charge in [-0.15, -0.1) is 0 Å². The van der Waals surface area contributed by atoms with Gasteiger partial charge in [0.25, 0.3) is 15.9 Å². The van der Waals surface area contributed by atoms with Crippen LogP contribution in [0.2, 0.25) is 0 Å². The number of methoxy groups -OCH3 is 1. The van der Waals surface area contributed by atoms with E-state index in [0.29, 0.717) is 5.69 Å². The summed E-state index contributed by atoms with van der Waals surface area (Å²) in [6.07, 6.45) is 4.78. The highest BCUT2D eigenvalue weighted by Crippen LogP contribution is 2.36. The van der Waals surface area contributed by atoms with Crippen LogP contribution in [-0.2, 0) is 29.2 Å². The van der Waals surface area contributed by atoms with Gasteiger partial charge in [0.05, 0.1) is 17.7 Å². The van der Waals surface area contributed by atoms with E-state index in [2.05, 4.69) is 10.6 Å². The summed E-state index contributed by atoms with van der Waals surface area (Å²) < 4.78 is 32.2. The van der Waals surface area contributed by atoms with Gasteiger partial charge >= 0.3 is 0 Å². The molecule has 1 aliphatic rings. The first kappa shape index (κ1) is 29.3. The topological polar surface area (TPSA) is 148 Å². The molecule has 3 N–H and O–H groups in total. The second-order valence-corrected chi connectivity index (χ2v) is 11.6. The Morgan fingerprint density at radius 3 is 2.23 bits per heavy atom. The molecule has 3 rings (SSSR count). The highest BCUT2D eigenvalue weighted by atomic mass is 32.2. The average Bonchev–Trinajstić information content (AvgIpc) is 3.33. The maximum Gasteiger partial charge on any atom is 0.264 e. The Balaban J connectivity index is 1.97. The molecule has 2 unspecified atom stereocenters. The lowest BCUT2D eigenvalue weighted by atomic mass is 9.74. The number of ether oxygens (including phenoxy) is 1. The lowest BCUT2D eigenvalue weighted by Gasteiger charge is -2.29. The molecule has 0 heterocycles. The average molecular weight is 554 g/mol. The molecule has 0 bridgehead atoms. The summed E-state index contributed by atoms with van der Waals surface area (Å²) in [5, 5.41) is 5.39. The zero-order chi connectivity index (χ0) is 29.0. The molecule has 0 saturated heterocycles. The number of benzene rings is 2. The third-order valence-corrected chi connectivity index (χ3v) is 7.36. The molecular formula is C28H31N3O7S. The van der Waals surface area contributed by atoms with Crippen molar-refractivity contribution in [3.8, 4) is 5.75 Å². The minimum absolute atomic E-state index is 0.0260. The van der Waals surface area contributed by atoms with Crippen molar-refractivity contribution in [3.63, 3.8) is 0 Å². The van der Waals surface area contributed by atoms with Gasteiger partial charge in [-0.05, 0) is 30.3 Å². The summed E-state index contributed by atoms with van der Waals surface area (Å²) >= 11 is 0. The van der Waals surface area contributed by atoms with Gasteiger partial charge < -0.3 is 15.4 Å². The van der Waals surface area contributed by atoms with Gasteiger partial charge in [0.2, 0.25) is 11.8 Å². The largest absolute Gasteiger partial charge is 0.495 e. The number of carbonyl (C=O) groups is 4. The first-order valence-corrected chi connectivity index (χ1v) is 13.5. The molecule has 2 atom stereocenters. The lowest BCUT2D eigenvalue weighted by molar-refractivity contribution is -0.137. The lowest BCUT2D eigenvalue weighted by Crippen LogP contribution is -2.42. The molecule has 0 radical (unpaired) electrons. The predicted molar refractivity (Wildman–Crippen MR) is 146 cm³/mol. The van der Waals surface area contributed by atoms with Crippen LogP contribution in [0.5, 0.6) is 5.75 Å². The smallest absolute Gasteiger partial charge is 0.264 e. The number of carbonyl (C=O) groups excluding carboxylic acids is 4. The maximum absolute atomic E-state index is 13.7. The van der Waals surface area contributed by atoms with Crippen LogP contribution in [0.4, 0.5) is 11.4 Å². The van der Waals surface area contributed by atoms with Crippen LogP contribution in [0.25, 0.3) is 0 Å². The highest BCUT2D eigenvalue weighted by Gasteiger charge is 2.43. The fraction of sp³-hybridized carbons (Fsp3) is 0.286. The Morgan fingerprint density at radius 1 is 0.974 bits per heavy atom. The molecule has 3 amide bonds. The van der Waals surface area contributed by atoms with E-state index in [9.17, 15) is 27.6 Å². The third kappa shape index (κ3) is 6.99. The van der Waals surface area contributed by atoms with Crippen LogP contribution >= 0.6 is 0 Å². The van der Waals surface area contributed by atoms with Gasteiger partial charge in [-0.2, -0.15) is 0 Å². The Bertz CT molecular complexity index is 1460. The zero-order valence-electron chi connectivity index (χ0n) is 22.3. The number of hydrogen-bond donors (Lipinski definition) is 3. The number of amides is 3. The quantitative estimate of drug-likeness (QED) is 0.403. The van der Waals surface area contributed by atoms with Crippen LogP contribution in [0, 0.1) is 17.3 Å². The first-order chi connectivity index (χ1) is 18.2. The molecule has 0 spiro atoms. The Kier molecular flexibility index (Phi) is 8.75. The monoisotopic (exact) mass is 553 g/mol. The second kappa shape index (κ2) is 11.6. The maximum atomic E-state index is 13.7. The molecule has 11 heteroatoms. The SMILES string of the molecule is COc1ccc(S(=O)(=O)NC(C)=O)cc1NC(=O)C(C(=O)C(C)(C)C)C1C=CC=C1C(=O)Nc1ccccc1. The van der Waals surface area contributed by atoms with Crippen molar-refractivity contribution in [2.45, 2.75) is 32.6 Å². The van der Waals surface area contributed by atoms with Gasteiger partial charge in [0.1, 0.15) is 11.7 Å². The van der Waals surface area contributed by atoms with Crippen molar-refractivity contribution in [1.82, 2.24) is 4.72 Å². The van der Waals surface area contributed by atoms with Crippen LogP contribution in [0.15, 0.2) is 77.2 Å². The number of allylic oxidation sites excluding steroid dienone is 3. The number of ketones is 1. The molecule has 39 heavy (non-hydrogen) atoms. The molecule has 2 aromatic carbocycles. The minimum Gasteiger partial charge on any atom is -0.495 e. The summed E-state index contributed by atoms with van der Waals surface area (Å²) in [4.78, 5) is 51.5. The van der Waals surface area contributed by atoms with E-state index in [-0.39, 0.29) is 21.9 Å². The molecule has 0 saturated carbocycles. The van der Waals surface area contributed by atoms with Gasteiger partial charge in [-0.25, -0.2) is 13.1 Å². The summed E-state index contributed by atoms with van der Waals surface area (Å²) in [7, 11) is -2.88. The summed E-state index contributed by atoms with van der Waals surface area (Å²) in [6, 6.07) is 12.4. The van der Waals surface area contributed by atoms with E-state index in [1.165, 1.54) is 19.2 Å². The van der Waals surface area contributed by atoms with E-state index < -0.39 is 50.8 Å². The van der Waals surface area contributed by atoms with Gasteiger partial charge in [-0.3, -0.25) is 19.2 Å². The first-order valence-electron chi connectivity index (χ1n) is 12.1. The Hall–Kier alpha value is -4.25. The molecule has 0 aromatic heterocycles. The minimum atomic E-state index is -4.21. The van der Waals surface area contributed by atoms with E-state index in [1.54, 1.807) is 63.3 Å². The fourth-order valence-electron chi connectivity index (χ4n) is 4.06. The molecule has 1 aliphatic carbocycles. The normalized spacial score (nSPS) is 15.6. The predicted octanol–water partition coefficient (Wildman–Crippen LogP) is 3.44. The van der Waals surface area contributed by atoms with Crippen LogP contribution < -0.4 is 20.1 Å². The van der Waals surface area contributed by atoms with E-state index in [1.807, 2.05) is 10.8 Å². The molecule has 2 aromatic rings. The van der Waals surface area contributed by atoms with Gasteiger partial charge in [0.15, 0.2) is 5.78 Å². The summed E-state index contributed by atoms with van der Waals surface area (Å²) in [5.74, 6) is -4.49. The van der Waals surface area contributed by atoms with Crippen molar-refractivity contribution in [2.24, 2.45) is 17.3 Å². The zero-order valence-corrected chi connectivity index (χ0v) is 23.1. The van der Waals surface area contributed by atoms with Gasteiger partial charge in [-0.1, -0.05) is 57.2 Å². The Labute approximate surface area is 227 Å². The van der Waals surface area contributed by atoms with Crippen molar-refractivity contribution >= 4 is 44.9 Å². The van der Waals surface area contributed by atoms with E-state index in [0.717, 1.165) is 13.0 Å². The van der Waals surface area contributed by atoms with Crippen molar-refractivity contribution < 1.29 is 32.3 Å². The third-order valence-electron chi connectivity index (χ3n) is 5.93. The van der Waals surface area contributed by atoms with Crippen LogP contribution in [0.1, 0.15) is 27.7 Å². The molecule has 206 valence electrons. The van der Waals surface area contributed by atoms with Crippen molar-refractivity contribution in [1.29, 1.82) is 0 Å². The van der Waals surface area contributed by atoms with E-state index in [4.69, 9.17) is 4.74 Å². The number of para-hydroxylation sites is 1. The molecular weight excluding hydrogens is 522 g/mol. The number of anilines is 2. The highest BCUT2D eigenvalue weighted by molar-refractivity contribution is 7.90. The number of sulfonamides is 1.